The summed E-state index contributed by atoms with van der Waals surface area (Å²) in [6.07, 6.45) is 0.00307. The van der Waals surface area contributed by atoms with Gasteiger partial charge in [0.15, 0.2) is 10.3 Å². The molecule has 2 heterocycles. The Labute approximate surface area is 224 Å². The Balaban J connectivity index is 1.29. The minimum absolute atomic E-state index is 0.00307. The van der Waals surface area contributed by atoms with Crippen molar-refractivity contribution < 1.29 is 9.59 Å². The average molecular weight is 568 g/mol. The first kappa shape index (κ1) is 25.5. The fourth-order valence-corrected chi connectivity index (χ4v) is 4.81. The summed E-state index contributed by atoms with van der Waals surface area (Å²) in [5.41, 5.74) is 2.20. The van der Waals surface area contributed by atoms with Crippen molar-refractivity contribution in [3.63, 3.8) is 0 Å². The third-order valence-corrected chi connectivity index (χ3v) is 7.44. The Morgan fingerprint density at radius 2 is 1.77 bits per heavy atom. The Morgan fingerprint density at radius 1 is 1.00 bits per heavy atom. The van der Waals surface area contributed by atoms with E-state index in [4.69, 9.17) is 34.8 Å². The third-order valence-electron chi connectivity index (χ3n) is 4.67. The third kappa shape index (κ3) is 6.74. The first-order valence-corrected chi connectivity index (χ1v) is 13.1. The maximum atomic E-state index is 12.4. The second kappa shape index (κ2) is 11.4. The van der Waals surface area contributed by atoms with Gasteiger partial charge < -0.3 is 15.2 Å². The molecule has 35 heavy (non-hydrogen) atoms. The molecule has 8 nitrogen and oxygen atoms in total. The zero-order valence-corrected chi connectivity index (χ0v) is 22.0. The molecule has 2 N–H and O–H groups in total. The molecule has 0 saturated carbocycles. The van der Waals surface area contributed by atoms with Crippen LogP contribution in [0.2, 0.25) is 15.1 Å². The van der Waals surface area contributed by atoms with Crippen LogP contribution in [0.15, 0.2) is 53.0 Å². The molecular formula is C22H17Cl3N6O2S2. The fourth-order valence-electron chi connectivity index (χ4n) is 2.92. The topological polar surface area (TPSA) is 102 Å². The molecule has 0 saturated heterocycles. The summed E-state index contributed by atoms with van der Waals surface area (Å²) in [4.78, 5) is 29.2. The maximum absolute atomic E-state index is 12.4. The van der Waals surface area contributed by atoms with Crippen LogP contribution >= 0.6 is 57.9 Å². The Bertz CT molecular complexity index is 1370. The van der Waals surface area contributed by atoms with Gasteiger partial charge in [-0.05, 0) is 30.3 Å². The van der Waals surface area contributed by atoms with Gasteiger partial charge in [0.2, 0.25) is 11.8 Å². The molecule has 13 heteroatoms. The van der Waals surface area contributed by atoms with Crippen molar-refractivity contribution in [1.29, 1.82) is 0 Å². The molecule has 2 aromatic heterocycles. The quantitative estimate of drug-likeness (QED) is 0.261. The SMILES string of the molecule is Cn1c(CC(=O)Nc2ccc(Cl)c(Cl)c2)nnc1SCC(=O)Nc1nc(-c2ccc(Cl)cc2)cs1. The lowest BCUT2D eigenvalue weighted by Crippen LogP contribution is -2.17. The van der Waals surface area contributed by atoms with E-state index >= 15 is 0 Å². The van der Waals surface area contributed by atoms with Gasteiger partial charge in [-0.25, -0.2) is 4.98 Å². The van der Waals surface area contributed by atoms with Gasteiger partial charge in [-0.1, -0.05) is 58.7 Å². The highest BCUT2D eigenvalue weighted by Gasteiger charge is 2.16. The average Bonchev–Trinajstić information content (AvgIpc) is 3.42. The van der Waals surface area contributed by atoms with E-state index in [9.17, 15) is 9.59 Å². The molecular weight excluding hydrogens is 551 g/mol. The van der Waals surface area contributed by atoms with E-state index in [-0.39, 0.29) is 24.0 Å². The molecule has 2 amide bonds. The predicted molar refractivity (Wildman–Crippen MR) is 142 cm³/mol. The highest BCUT2D eigenvalue weighted by molar-refractivity contribution is 7.99. The molecule has 0 unspecified atom stereocenters. The Kier molecular flexibility index (Phi) is 8.30. The largest absolute Gasteiger partial charge is 0.326 e. The number of hydrogen-bond acceptors (Lipinski definition) is 7. The number of amides is 2. The summed E-state index contributed by atoms with van der Waals surface area (Å²) in [6, 6.07) is 12.1. The smallest absolute Gasteiger partial charge is 0.236 e. The molecule has 0 fully saturated rings. The van der Waals surface area contributed by atoms with Crippen molar-refractivity contribution in [3.05, 3.63) is 68.7 Å². The zero-order valence-electron chi connectivity index (χ0n) is 18.1. The van der Waals surface area contributed by atoms with Crippen LogP contribution < -0.4 is 10.6 Å². The number of aromatic nitrogens is 4. The van der Waals surface area contributed by atoms with Gasteiger partial charge in [-0.2, -0.15) is 0 Å². The number of thioether (sulfide) groups is 1. The molecule has 0 spiro atoms. The highest BCUT2D eigenvalue weighted by Crippen LogP contribution is 2.27. The maximum Gasteiger partial charge on any atom is 0.236 e. The lowest BCUT2D eigenvalue weighted by atomic mass is 10.2. The summed E-state index contributed by atoms with van der Waals surface area (Å²) < 4.78 is 1.67. The first-order valence-electron chi connectivity index (χ1n) is 10.1. The van der Waals surface area contributed by atoms with Crippen molar-refractivity contribution in [2.45, 2.75) is 11.6 Å². The van der Waals surface area contributed by atoms with Crippen LogP contribution in [0.25, 0.3) is 11.3 Å². The number of halogens is 3. The number of carbonyl (C=O) groups excluding carboxylic acids is 2. The molecule has 0 atom stereocenters. The number of nitrogens with one attached hydrogen (secondary N) is 2. The van der Waals surface area contributed by atoms with E-state index in [2.05, 4.69) is 25.8 Å². The van der Waals surface area contributed by atoms with Crippen molar-refractivity contribution in [2.24, 2.45) is 7.05 Å². The Morgan fingerprint density at radius 3 is 2.51 bits per heavy atom. The number of rotatable bonds is 8. The van der Waals surface area contributed by atoms with Crippen molar-refractivity contribution in [2.75, 3.05) is 16.4 Å². The van der Waals surface area contributed by atoms with Crippen LogP contribution in [0.4, 0.5) is 10.8 Å². The van der Waals surface area contributed by atoms with E-state index in [1.54, 1.807) is 41.9 Å². The molecule has 0 aliphatic heterocycles. The van der Waals surface area contributed by atoms with E-state index in [1.807, 2.05) is 17.5 Å². The summed E-state index contributed by atoms with van der Waals surface area (Å²) in [5, 5.41) is 18.0. The monoisotopic (exact) mass is 566 g/mol. The van der Waals surface area contributed by atoms with Crippen LogP contribution in [0.5, 0.6) is 0 Å². The molecule has 2 aromatic carbocycles. The summed E-state index contributed by atoms with van der Waals surface area (Å²) in [5.74, 6) is 0.0532. The first-order chi connectivity index (χ1) is 16.8. The van der Waals surface area contributed by atoms with Gasteiger partial charge in [0.25, 0.3) is 0 Å². The van der Waals surface area contributed by atoms with Gasteiger partial charge in [-0.15, -0.1) is 21.5 Å². The van der Waals surface area contributed by atoms with Crippen molar-refractivity contribution in [1.82, 2.24) is 19.7 Å². The van der Waals surface area contributed by atoms with Crippen molar-refractivity contribution >= 4 is 80.5 Å². The standard InChI is InChI=1S/C22H17Cl3N6O2S2/c1-31-18(9-19(32)26-14-6-7-15(24)16(25)8-14)29-30-22(31)35-11-20(33)28-21-27-17(10-34-21)12-2-4-13(23)5-3-12/h2-8,10H,9,11H2,1H3,(H,26,32)(H,27,28,33). The molecule has 180 valence electrons. The number of carbonyl (C=O) groups is 2. The molecule has 0 aliphatic carbocycles. The minimum atomic E-state index is -0.284. The second-order valence-electron chi connectivity index (χ2n) is 7.19. The molecule has 4 aromatic rings. The summed E-state index contributed by atoms with van der Waals surface area (Å²) in [7, 11) is 1.74. The lowest BCUT2D eigenvalue weighted by molar-refractivity contribution is -0.116. The summed E-state index contributed by atoms with van der Waals surface area (Å²) >= 11 is 20.3. The van der Waals surface area contributed by atoms with Gasteiger partial charge >= 0.3 is 0 Å². The molecule has 0 bridgehead atoms. The van der Waals surface area contributed by atoms with Crippen LogP contribution in [0.1, 0.15) is 5.82 Å². The highest BCUT2D eigenvalue weighted by atomic mass is 35.5. The van der Waals surface area contributed by atoms with E-state index in [1.165, 1.54) is 23.1 Å². The van der Waals surface area contributed by atoms with Gasteiger partial charge in [0.1, 0.15) is 5.82 Å². The summed E-state index contributed by atoms with van der Waals surface area (Å²) in [6.45, 7) is 0. The number of benzene rings is 2. The van der Waals surface area contributed by atoms with E-state index in [0.29, 0.717) is 36.9 Å². The van der Waals surface area contributed by atoms with E-state index < -0.39 is 0 Å². The number of anilines is 2. The normalized spacial score (nSPS) is 10.9. The van der Waals surface area contributed by atoms with Crippen LogP contribution in [0.3, 0.4) is 0 Å². The molecule has 0 aliphatic rings. The van der Waals surface area contributed by atoms with Gasteiger partial charge in [0, 0.05) is 28.7 Å². The van der Waals surface area contributed by atoms with Crippen LogP contribution in [-0.4, -0.2) is 37.3 Å². The number of thiazole rings is 1. The van der Waals surface area contributed by atoms with Crippen molar-refractivity contribution in [3.8, 4) is 11.3 Å². The fraction of sp³-hybridized carbons (Fsp3) is 0.136. The van der Waals surface area contributed by atoms with Crippen LogP contribution in [-0.2, 0) is 23.1 Å². The zero-order chi connectivity index (χ0) is 24.9. The predicted octanol–water partition coefficient (Wildman–Crippen LogP) is 5.81. The minimum Gasteiger partial charge on any atom is -0.326 e. The molecule has 4 rings (SSSR count). The second-order valence-corrected chi connectivity index (χ2v) is 10.2. The number of nitrogens with zero attached hydrogens (tertiary/aromatic N) is 4. The Hall–Kier alpha value is -2.63. The number of hydrogen-bond donors (Lipinski definition) is 2. The molecule has 0 radical (unpaired) electrons. The van der Waals surface area contributed by atoms with Gasteiger partial charge in [-0.3, -0.25) is 9.59 Å². The van der Waals surface area contributed by atoms with Crippen LogP contribution in [0, 0.1) is 0 Å². The van der Waals surface area contributed by atoms with Gasteiger partial charge in [0.05, 0.1) is 27.9 Å². The lowest BCUT2D eigenvalue weighted by Gasteiger charge is -2.07. The van der Waals surface area contributed by atoms with E-state index in [0.717, 1.165) is 11.3 Å².